The van der Waals surface area contributed by atoms with Crippen molar-refractivity contribution in [2.75, 3.05) is 6.61 Å². The Hall–Kier alpha value is -0.383. The molecule has 0 spiro atoms. The quantitative estimate of drug-likeness (QED) is 0.524. The molecule has 0 radical (unpaired) electrons. The maximum Gasteiger partial charge on any atom is 0.289 e. The Balaban J connectivity index is 2.32. The highest BCUT2D eigenvalue weighted by atomic mass is 35.6. The van der Waals surface area contributed by atoms with Gasteiger partial charge >= 0.3 is 0 Å². The maximum atomic E-state index is 6.57. The molecule has 2 nitrogen and oxygen atoms in total. The van der Waals surface area contributed by atoms with Gasteiger partial charge in [0, 0.05) is 19.0 Å². The Kier molecular flexibility index (Phi) is 6.78. The Bertz CT molecular complexity index is 310. The zero-order chi connectivity index (χ0) is 12.6. The lowest BCUT2D eigenvalue weighted by Gasteiger charge is -2.22. The number of aryl methyl sites for hydroxylation is 1. The number of pyridine rings is 1. The van der Waals surface area contributed by atoms with Crippen LogP contribution < -0.4 is 0 Å². The fraction of sp³-hybridized carbons (Fsp3) is 0.615. The van der Waals surface area contributed by atoms with Crippen LogP contribution in [-0.2, 0) is 10.8 Å². The average molecular weight is 272 g/mol. The van der Waals surface area contributed by atoms with Crippen molar-refractivity contribution in [2.45, 2.75) is 45.2 Å². The molecule has 0 aromatic carbocycles. The van der Waals surface area contributed by atoms with Crippen molar-refractivity contribution in [3.05, 3.63) is 30.1 Å². The molecule has 0 fully saturated rings. The van der Waals surface area contributed by atoms with Crippen LogP contribution in [0.4, 0.5) is 0 Å². The summed E-state index contributed by atoms with van der Waals surface area (Å²) in [6.07, 6.45) is 6.91. The van der Waals surface area contributed by atoms with Crippen LogP contribution >= 0.6 is 11.1 Å². The van der Waals surface area contributed by atoms with Crippen LogP contribution in [0, 0.1) is 0 Å². The summed E-state index contributed by atoms with van der Waals surface area (Å²) in [5.74, 6) is 0. The molecule has 4 heteroatoms. The molecule has 1 unspecified atom stereocenters. The van der Waals surface area contributed by atoms with Crippen LogP contribution in [0.25, 0.3) is 0 Å². The van der Waals surface area contributed by atoms with E-state index in [1.165, 1.54) is 5.56 Å². The van der Waals surface area contributed by atoms with Gasteiger partial charge in [0.1, 0.15) is 0 Å². The highest BCUT2D eigenvalue weighted by Crippen LogP contribution is 2.24. The summed E-state index contributed by atoms with van der Waals surface area (Å²) in [6, 6.07) is 6.16. The summed E-state index contributed by atoms with van der Waals surface area (Å²) in [7, 11) is -1.94. The minimum Gasteiger partial charge on any atom is -0.403 e. The van der Waals surface area contributed by atoms with E-state index in [2.05, 4.69) is 31.0 Å². The van der Waals surface area contributed by atoms with E-state index in [0.29, 0.717) is 0 Å². The van der Waals surface area contributed by atoms with Crippen LogP contribution in [-0.4, -0.2) is 19.2 Å². The van der Waals surface area contributed by atoms with E-state index in [-0.39, 0.29) is 0 Å². The van der Waals surface area contributed by atoms with Gasteiger partial charge in [-0.05, 0) is 49.0 Å². The van der Waals surface area contributed by atoms with Gasteiger partial charge < -0.3 is 4.43 Å². The van der Waals surface area contributed by atoms with E-state index < -0.39 is 7.63 Å². The van der Waals surface area contributed by atoms with E-state index >= 15 is 0 Å². The van der Waals surface area contributed by atoms with Gasteiger partial charge in [-0.2, -0.15) is 0 Å². The lowest BCUT2D eigenvalue weighted by Crippen LogP contribution is -2.31. The second-order valence-electron chi connectivity index (χ2n) is 4.29. The maximum absolute atomic E-state index is 6.57. The van der Waals surface area contributed by atoms with E-state index in [9.17, 15) is 0 Å². The molecule has 0 saturated heterocycles. The van der Waals surface area contributed by atoms with Gasteiger partial charge in [-0.25, -0.2) is 0 Å². The fourth-order valence-corrected chi connectivity index (χ4v) is 4.35. The number of hydrogen-bond acceptors (Lipinski definition) is 2. The summed E-state index contributed by atoms with van der Waals surface area (Å²) >= 11 is 6.57. The van der Waals surface area contributed by atoms with E-state index in [4.69, 9.17) is 15.5 Å². The second kappa shape index (κ2) is 7.85. The van der Waals surface area contributed by atoms with Crippen molar-refractivity contribution in [3.63, 3.8) is 0 Å². The minimum absolute atomic E-state index is 0.804. The fourth-order valence-electron chi connectivity index (χ4n) is 1.74. The van der Waals surface area contributed by atoms with Gasteiger partial charge in [-0.15, -0.1) is 11.1 Å². The molecule has 17 heavy (non-hydrogen) atoms. The molecule has 1 aromatic heterocycles. The van der Waals surface area contributed by atoms with Crippen LogP contribution in [0.1, 0.15) is 32.3 Å². The third-order valence-electron chi connectivity index (χ3n) is 2.86. The monoisotopic (exact) mass is 271 g/mol. The number of aromatic nitrogens is 1. The minimum atomic E-state index is -1.94. The van der Waals surface area contributed by atoms with Crippen molar-refractivity contribution in [1.29, 1.82) is 0 Å². The average Bonchev–Trinajstić information content (AvgIpc) is 2.38. The van der Waals surface area contributed by atoms with E-state index in [1.807, 2.05) is 12.4 Å². The van der Waals surface area contributed by atoms with Gasteiger partial charge in [-0.3, -0.25) is 4.98 Å². The Morgan fingerprint density at radius 1 is 1.29 bits per heavy atom. The molecule has 0 N–H and O–H groups in total. The molecule has 1 aromatic rings. The molecule has 0 saturated carbocycles. The van der Waals surface area contributed by atoms with Gasteiger partial charge in [0.2, 0.25) is 0 Å². The Morgan fingerprint density at radius 2 is 2.00 bits per heavy atom. The first-order chi connectivity index (χ1) is 8.20. The van der Waals surface area contributed by atoms with Crippen molar-refractivity contribution >= 4 is 18.7 Å². The molecule has 0 aliphatic heterocycles. The molecule has 0 aliphatic rings. The highest BCUT2D eigenvalue weighted by molar-refractivity contribution is 7.16. The molecule has 1 rings (SSSR count). The van der Waals surface area contributed by atoms with Crippen LogP contribution in [0.3, 0.4) is 0 Å². The first-order valence-electron chi connectivity index (χ1n) is 6.42. The van der Waals surface area contributed by atoms with Crippen molar-refractivity contribution in [1.82, 2.24) is 4.98 Å². The normalized spacial score (nSPS) is 14.5. The van der Waals surface area contributed by atoms with Crippen molar-refractivity contribution < 1.29 is 4.43 Å². The first kappa shape index (κ1) is 14.7. The summed E-state index contributed by atoms with van der Waals surface area (Å²) in [4.78, 5) is 4.02. The number of nitrogens with zero attached hydrogens (tertiary/aromatic N) is 1. The first-order valence-corrected chi connectivity index (χ1v) is 9.75. The summed E-state index contributed by atoms with van der Waals surface area (Å²) in [5, 5.41) is 0. The molecule has 0 aliphatic carbocycles. The molecule has 96 valence electrons. The predicted octanol–water partition coefficient (Wildman–Crippen LogP) is 4.14. The number of halogens is 1. The third-order valence-corrected chi connectivity index (χ3v) is 7.43. The summed E-state index contributed by atoms with van der Waals surface area (Å²) in [5.41, 5.74) is 1.33. The predicted molar refractivity (Wildman–Crippen MR) is 75.7 cm³/mol. The van der Waals surface area contributed by atoms with Gasteiger partial charge in [0.25, 0.3) is 7.63 Å². The van der Waals surface area contributed by atoms with E-state index in [0.717, 1.165) is 38.0 Å². The lowest BCUT2D eigenvalue weighted by molar-refractivity contribution is 0.311. The smallest absolute Gasteiger partial charge is 0.289 e. The topological polar surface area (TPSA) is 22.1 Å². The van der Waals surface area contributed by atoms with Gasteiger partial charge in [0.05, 0.1) is 0 Å². The van der Waals surface area contributed by atoms with Crippen LogP contribution in [0.15, 0.2) is 24.5 Å². The number of hydrogen-bond donors (Lipinski definition) is 0. The van der Waals surface area contributed by atoms with Gasteiger partial charge in [-0.1, -0.05) is 13.8 Å². The lowest BCUT2D eigenvalue weighted by atomic mass is 10.2. The largest absolute Gasteiger partial charge is 0.403 e. The summed E-state index contributed by atoms with van der Waals surface area (Å²) < 4.78 is 5.86. The summed E-state index contributed by atoms with van der Waals surface area (Å²) in [6.45, 7) is 5.07. The Labute approximate surface area is 110 Å². The third kappa shape index (κ3) is 5.66. The molecule has 1 atom stereocenters. The second-order valence-corrected chi connectivity index (χ2v) is 9.62. The molecule has 0 bridgehead atoms. The molecule has 1 heterocycles. The standard InChI is InChI=1S/C13H22ClNOSi/c1-3-11-16-17(14,4-2)12-5-6-13-7-9-15-10-8-13/h7-10H,3-6,11-12H2,1-2H3. The van der Waals surface area contributed by atoms with Crippen molar-refractivity contribution in [3.8, 4) is 0 Å². The van der Waals surface area contributed by atoms with Crippen LogP contribution in [0.2, 0.25) is 12.1 Å². The zero-order valence-corrected chi connectivity index (χ0v) is 12.5. The molecular weight excluding hydrogens is 250 g/mol. The SMILES string of the molecule is CCCO[Si](Cl)(CC)CCCc1ccncc1. The Morgan fingerprint density at radius 3 is 2.59 bits per heavy atom. The number of rotatable bonds is 8. The molecular formula is C13H22ClNOSi. The molecule has 0 amide bonds. The van der Waals surface area contributed by atoms with Crippen LogP contribution in [0.5, 0.6) is 0 Å². The van der Waals surface area contributed by atoms with Gasteiger partial charge in [0.15, 0.2) is 0 Å². The zero-order valence-electron chi connectivity index (χ0n) is 10.8. The van der Waals surface area contributed by atoms with E-state index in [1.54, 1.807) is 0 Å². The van der Waals surface area contributed by atoms with Crippen molar-refractivity contribution in [2.24, 2.45) is 0 Å². The highest BCUT2D eigenvalue weighted by Gasteiger charge is 2.29.